The van der Waals surface area contributed by atoms with Crippen LogP contribution in [0.15, 0.2) is 30.3 Å². The van der Waals surface area contributed by atoms with Crippen LogP contribution in [0.5, 0.6) is 0 Å². The largest absolute Gasteiger partial charge is 0.468 e. The van der Waals surface area contributed by atoms with Crippen LogP contribution in [-0.2, 0) is 9.53 Å². The molecule has 1 rings (SSSR count). The predicted molar refractivity (Wildman–Crippen MR) is 91.1 cm³/mol. The van der Waals surface area contributed by atoms with Crippen molar-refractivity contribution < 1.29 is 9.53 Å². The van der Waals surface area contributed by atoms with Gasteiger partial charge in [-0.2, -0.15) is 0 Å². The molecule has 3 nitrogen and oxygen atoms in total. The minimum Gasteiger partial charge on any atom is -0.468 e. The van der Waals surface area contributed by atoms with Gasteiger partial charge in [-0.25, -0.2) is 0 Å². The summed E-state index contributed by atoms with van der Waals surface area (Å²) in [6, 6.07) is 10.1. The molecule has 0 radical (unpaired) electrons. The van der Waals surface area contributed by atoms with E-state index in [1.807, 2.05) is 18.2 Å². The summed E-state index contributed by atoms with van der Waals surface area (Å²) in [5.74, 6) is 0.269. The first kappa shape index (κ1) is 18.1. The second-order valence-electron chi connectivity index (χ2n) is 6.68. The fourth-order valence-corrected chi connectivity index (χ4v) is 4.51. The second-order valence-corrected chi connectivity index (χ2v) is 9.46. The lowest BCUT2D eigenvalue weighted by molar-refractivity contribution is -0.143. The molecule has 1 aromatic carbocycles. The lowest BCUT2D eigenvalue weighted by Crippen LogP contribution is -2.41. The molecule has 0 aliphatic carbocycles. The zero-order valence-corrected chi connectivity index (χ0v) is 14.9. The summed E-state index contributed by atoms with van der Waals surface area (Å²) in [7, 11) is 0.802. The zero-order chi connectivity index (χ0) is 16.0. The number of carbonyl (C=O) groups excluding carboxylic acids is 1. The Morgan fingerprint density at radius 1 is 1.24 bits per heavy atom. The van der Waals surface area contributed by atoms with Gasteiger partial charge in [-0.05, 0) is 30.9 Å². The van der Waals surface area contributed by atoms with Crippen molar-refractivity contribution in [1.82, 2.24) is 5.09 Å². The highest BCUT2D eigenvalue weighted by molar-refractivity contribution is 7.65. The maximum atomic E-state index is 12.1. The summed E-state index contributed by atoms with van der Waals surface area (Å²) in [4.78, 5) is 12.1. The van der Waals surface area contributed by atoms with Crippen LogP contribution in [0.25, 0.3) is 0 Å². The van der Waals surface area contributed by atoms with E-state index in [2.05, 4.69) is 51.8 Å². The Bertz CT molecular complexity index is 440. The van der Waals surface area contributed by atoms with Crippen LogP contribution in [0.3, 0.4) is 0 Å². The van der Waals surface area contributed by atoms with E-state index in [9.17, 15) is 4.79 Å². The first-order valence-corrected chi connectivity index (χ1v) is 8.79. The molecule has 1 unspecified atom stereocenters. The van der Waals surface area contributed by atoms with E-state index in [1.165, 1.54) is 12.4 Å². The van der Waals surface area contributed by atoms with Gasteiger partial charge in [-0.3, -0.25) is 9.88 Å². The number of hydrogen-bond acceptors (Lipinski definition) is 3. The van der Waals surface area contributed by atoms with Crippen LogP contribution >= 0.6 is 8.07 Å². The normalized spacial score (nSPS) is 14.8. The maximum absolute atomic E-state index is 12.1. The van der Waals surface area contributed by atoms with Gasteiger partial charge in [0.15, 0.2) is 0 Å². The van der Waals surface area contributed by atoms with Gasteiger partial charge in [0.25, 0.3) is 0 Å². The number of esters is 1. The Morgan fingerprint density at radius 2 is 1.81 bits per heavy atom. The minimum absolute atomic E-state index is 0.0694. The van der Waals surface area contributed by atoms with Gasteiger partial charge in [0.2, 0.25) is 0 Å². The number of nitrogens with one attached hydrogen (secondary N) is 1. The molecule has 2 atom stereocenters. The van der Waals surface area contributed by atoms with Crippen molar-refractivity contribution >= 4 is 19.3 Å². The third kappa shape index (κ3) is 5.76. The fraction of sp³-hybridized carbons (Fsp3) is 0.588. The van der Waals surface area contributed by atoms with Gasteiger partial charge in [0.05, 0.1) is 7.11 Å². The van der Waals surface area contributed by atoms with Crippen LogP contribution in [-0.4, -0.2) is 24.3 Å². The highest BCUT2D eigenvalue weighted by Gasteiger charge is 2.31. The number of rotatable bonds is 6. The molecule has 21 heavy (non-hydrogen) atoms. The third-order valence-electron chi connectivity index (χ3n) is 3.16. The number of methoxy groups -OCH3 is 1. The van der Waals surface area contributed by atoms with Gasteiger partial charge in [-0.15, -0.1) is 0 Å². The molecule has 0 saturated carbocycles. The number of benzene rings is 1. The van der Waals surface area contributed by atoms with Crippen molar-refractivity contribution in [2.75, 3.05) is 7.11 Å². The van der Waals surface area contributed by atoms with E-state index in [1.54, 1.807) is 0 Å². The highest BCUT2D eigenvalue weighted by Crippen LogP contribution is 2.45. The van der Waals surface area contributed by atoms with Gasteiger partial charge in [0.1, 0.15) is 6.04 Å². The molecule has 4 heteroatoms. The zero-order valence-electron chi connectivity index (χ0n) is 14.0. The summed E-state index contributed by atoms with van der Waals surface area (Å²) in [6.45, 7) is 10.9. The quantitative estimate of drug-likeness (QED) is 0.643. The van der Waals surface area contributed by atoms with Crippen molar-refractivity contribution in [2.45, 2.75) is 52.2 Å². The van der Waals surface area contributed by atoms with Gasteiger partial charge in [-0.1, -0.05) is 65.0 Å². The van der Waals surface area contributed by atoms with E-state index < -0.39 is 8.07 Å². The summed E-state index contributed by atoms with van der Waals surface area (Å²) in [6.07, 6.45) is 0.786. The maximum Gasteiger partial charge on any atom is 0.323 e. The molecule has 0 bridgehead atoms. The molecule has 0 aliphatic rings. The molecular weight excluding hydrogens is 281 g/mol. The second kappa shape index (κ2) is 7.91. The summed E-state index contributed by atoms with van der Waals surface area (Å²) < 4.78 is 4.97. The van der Waals surface area contributed by atoms with Crippen LogP contribution in [0.2, 0.25) is 0 Å². The molecule has 1 aromatic rings. The molecule has 0 saturated heterocycles. The SMILES string of the molecule is COC(=O)[C@H](CC(C)C)NP(c1ccccc1)C(C)(C)C. The van der Waals surface area contributed by atoms with Crippen molar-refractivity contribution in [1.29, 1.82) is 0 Å². The van der Waals surface area contributed by atoms with E-state index in [-0.39, 0.29) is 17.2 Å². The fourth-order valence-electron chi connectivity index (χ4n) is 2.20. The molecule has 0 amide bonds. The standard InChI is InChI=1S/C17H28NO2P/c1-13(2)12-15(16(19)20-6)18-21(17(3,4)5)14-10-8-7-9-11-14/h7-11,13,15,18H,12H2,1-6H3/t15-,21?/m0/s1. The van der Waals surface area contributed by atoms with E-state index in [0.29, 0.717) is 5.92 Å². The van der Waals surface area contributed by atoms with Crippen LogP contribution in [0.1, 0.15) is 41.0 Å². The Hall–Kier alpha value is -0.920. The lowest BCUT2D eigenvalue weighted by atomic mass is 10.1. The molecule has 0 aliphatic heterocycles. The van der Waals surface area contributed by atoms with Gasteiger partial charge < -0.3 is 4.74 Å². The molecule has 0 fully saturated rings. The Labute approximate surface area is 130 Å². The summed E-state index contributed by atoms with van der Waals surface area (Å²) >= 11 is 0. The number of carbonyl (C=O) groups is 1. The third-order valence-corrected chi connectivity index (χ3v) is 5.89. The van der Waals surface area contributed by atoms with Crippen molar-refractivity contribution in [2.24, 2.45) is 5.92 Å². The smallest absolute Gasteiger partial charge is 0.323 e. The van der Waals surface area contributed by atoms with Gasteiger partial charge in [0, 0.05) is 0 Å². The van der Waals surface area contributed by atoms with Crippen LogP contribution in [0.4, 0.5) is 0 Å². The molecule has 0 aromatic heterocycles. The van der Waals surface area contributed by atoms with Crippen LogP contribution in [0, 0.1) is 5.92 Å². The summed E-state index contributed by atoms with van der Waals surface area (Å²) in [5, 5.41) is 4.91. The number of ether oxygens (including phenoxy) is 1. The molecular formula is C17H28NO2P. The molecule has 1 N–H and O–H groups in total. The molecule has 0 heterocycles. The summed E-state index contributed by atoms with van der Waals surface area (Å²) in [5.41, 5.74) is 0. The minimum atomic E-state index is -0.656. The van der Waals surface area contributed by atoms with E-state index >= 15 is 0 Å². The average Bonchev–Trinajstić information content (AvgIpc) is 2.41. The molecule has 118 valence electrons. The Balaban J connectivity index is 3.01. The topological polar surface area (TPSA) is 38.3 Å². The van der Waals surface area contributed by atoms with Gasteiger partial charge >= 0.3 is 5.97 Å². The first-order valence-electron chi connectivity index (χ1n) is 7.45. The van der Waals surface area contributed by atoms with E-state index in [4.69, 9.17) is 4.74 Å². The van der Waals surface area contributed by atoms with Crippen molar-refractivity contribution in [3.63, 3.8) is 0 Å². The molecule has 0 spiro atoms. The van der Waals surface area contributed by atoms with Crippen molar-refractivity contribution in [3.05, 3.63) is 30.3 Å². The number of hydrogen-bond donors (Lipinski definition) is 1. The Kier molecular flexibility index (Phi) is 6.83. The first-order chi connectivity index (χ1) is 9.75. The average molecular weight is 309 g/mol. The predicted octanol–water partition coefficient (Wildman–Crippen LogP) is 3.68. The van der Waals surface area contributed by atoms with Crippen molar-refractivity contribution in [3.8, 4) is 0 Å². The van der Waals surface area contributed by atoms with E-state index in [0.717, 1.165) is 6.42 Å². The highest BCUT2D eigenvalue weighted by atomic mass is 31.1. The van der Waals surface area contributed by atoms with Crippen LogP contribution < -0.4 is 10.4 Å². The monoisotopic (exact) mass is 309 g/mol. The Morgan fingerprint density at radius 3 is 2.24 bits per heavy atom. The lowest BCUT2D eigenvalue weighted by Gasteiger charge is -2.35.